The molecule has 2 atom stereocenters. The summed E-state index contributed by atoms with van der Waals surface area (Å²) in [4.78, 5) is 4.91. The van der Waals surface area contributed by atoms with Crippen LogP contribution in [0.4, 0.5) is 0 Å². The van der Waals surface area contributed by atoms with E-state index in [0.29, 0.717) is 30.4 Å². The summed E-state index contributed by atoms with van der Waals surface area (Å²) in [7, 11) is -3.45. The van der Waals surface area contributed by atoms with Gasteiger partial charge in [-0.25, -0.2) is 18.1 Å². The fraction of sp³-hybridized carbons (Fsp3) is 0.588. The number of hydrogen-bond donors (Lipinski definition) is 1. The lowest BCUT2D eigenvalue weighted by Gasteiger charge is -2.20. The van der Waals surface area contributed by atoms with Crippen molar-refractivity contribution in [3.63, 3.8) is 0 Å². The van der Waals surface area contributed by atoms with E-state index in [1.807, 2.05) is 0 Å². The van der Waals surface area contributed by atoms with E-state index in [4.69, 9.17) is 4.74 Å². The molecule has 0 saturated carbocycles. The molecule has 0 aromatic heterocycles. The van der Waals surface area contributed by atoms with Crippen LogP contribution in [0.3, 0.4) is 0 Å². The average molecular weight is 338 g/mol. The normalized spacial score (nSPS) is 19.5. The number of nitrogens with one attached hydrogen (secondary N) is 1. The van der Waals surface area contributed by atoms with E-state index in [-0.39, 0.29) is 12.0 Å². The van der Waals surface area contributed by atoms with Gasteiger partial charge in [-0.2, -0.15) is 0 Å². The van der Waals surface area contributed by atoms with Crippen LogP contribution in [0.25, 0.3) is 0 Å². The number of rotatable bonds is 8. The van der Waals surface area contributed by atoms with Crippen molar-refractivity contribution >= 4 is 15.9 Å². The fourth-order valence-electron chi connectivity index (χ4n) is 2.62. The lowest BCUT2D eigenvalue weighted by Crippen LogP contribution is -2.30. The van der Waals surface area contributed by atoms with Gasteiger partial charge in [0.1, 0.15) is 6.61 Å². The first kappa shape index (κ1) is 17.9. The summed E-state index contributed by atoms with van der Waals surface area (Å²) in [6, 6.07) is 8.67. The molecule has 0 aliphatic carbocycles. The maximum atomic E-state index is 12.2. The van der Waals surface area contributed by atoms with E-state index >= 15 is 0 Å². The van der Waals surface area contributed by atoms with Gasteiger partial charge in [0.25, 0.3) is 0 Å². The van der Waals surface area contributed by atoms with Crippen LogP contribution in [-0.4, -0.2) is 33.5 Å². The van der Waals surface area contributed by atoms with E-state index in [1.165, 1.54) is 0 Å². The van der Waals surface area contributed by atoms with Crippen molar-refractivity contribution in [2.45, 2.75) is 44.6 Å². The molecule has 6 heteroatoms. The monoisotopic (exact) mass is 338 g/mol. The molecular weight excluding hydrogens is 312 g/mol. The predicted octanol–water partition coefficient (Wildman–Crippen LogP) is 2.83. The minimum Gasteiger partial charge on any atom is -0.478 e. The number of aliphatic imine (C=N–C) groups is 1. The first-order chi connectivity index (χ1) is 10.9. The average Bonchev–Trinajstić information content (AvgIpc) is 3.00. The zero-order valence-corrected chi connectivity index (χ0v) is 14.8. The Balaban J connectivity index is 1.95. The van der Waals surface area contributed by atoms with Crippen LogP contribution >= 0.6 is 0 Å². The Morgan fingerprint density at radius 3 is 2.57 bits per heavy atom. The van der Waals surface area contributed by atoms with E-state index in [9.17, 15) is 8.42 Å². The Bertz CT molecular complexity index is 626. The Morgan fingerprint density at radius 1 is 1.30 bits per heavy atom. The quantitative estimate of drug-likeness (QED) is 0.792. The van der Waals surface area contributed by atoms with Crippen LogP contribution in [0.15, 0.2) is 40.2 Å². The first-order valence-electron chi connectivity index (χ1n) is 8.19. The van der Waals surface area contributed by atoms with Gasteiger partial charge in [-0.15, -0.1) is 0 Å². The third kappa shape index (κ3) is 4.78. The van der Waals surface area contributed by atoms with Gasteiger partial charge in [0.15, 0.2) is 5.90 Å². The second-order valence-corrected chi connectivity index (χ2v) is 7.96. The Morgan fingerprint density at radius 2 is 2.00 bits per heavy atom. The molecule has 0 saturated heterocycles. The minimum absolute atomic E-state index is 0.144. The smallest absolute Gasteiger partial charge is 0.240 e. The maximum absolute atomic E-state index is 12.2. The van der Waals surface area contributed by atoms with E-state index in [0.717, 1.165) is 12.3 Å². The molecule has 2 rings (SSSR count). The molecule has 128 valence electrons. The largest absolute Gasteiger partial charge is 0.478 e. The summed E-state index contributed by atoms with van der Waals surface area (Å²) in [5, 5.41) is 0. The van der Waals surface area contributed by atoms with Crippen LogP contribution in [0.2, 0.25) is 0 Å². The fourth-order valence-corrected chi connectivity index (χ4v) is 3.69. The topological polar surface area (TPSA) is 67.8 Å². The Labute approximate surface area is 139 Å². The van der Waals surface area contributed by atoms with Gasteiger partial charge in [0.2, 0.25) is 10.0 Å². The van der Waals surface area contributed by atoms with Gasteiger partial charge in [-0.3, -0.25) is 0 Å². The van der Waals surface area contributed by atoms with Crippen molar-refractivity contribution in [2.75, 3.05) is 13.2 Å². The number of sulfonamides is 1. The predicted molar refractivity (Wildman–Crippen MR) is 92.0 cm³/mol. The van der Waals surface area contributed by atoms with Crippen LogP contribution in [0.5, 0.6) is 0 Å². The third-order valence-electron chi connectivity index (χ3n) is 4.13. The van der Waals surface area contributed by atoms with E-state index in [2.05, 4.69) is 30.5 Å². The molecule has 23 heavy (non-hydrogen) atoms. The maximum Gasteiger partial charge on any atom is 0.240 e. The van der Waals surface area contributed by atoms with Crippen molar-refractivity contribution < 1.29 is 13.2 Å². The molecule has 1 aliphatic rings. The molecule has 0 radical (unpaired) electrons. The molecule has 1 aromatic rings. The lowest BCUT2D eigenvalue weighted by atomic mass is 9.92. The SMILES string of the molecule is CC[C@@H]1COC([C@@H](CCNS(=O)(=O)c2ccccc2)C(C)C)=N1. The minimum atomic E-state index is -3.45. The Hall–Kier alpha value is -1.40. The highest BCUT2D eigenvalue weighted by Crippen LogP contribution is 2.23. The third-order valence-corrected chi connectivity index (χ3v) is 5.60. The molecular formula is C17H26N2O3S. The summed E-state index contributed by atoms with van der Waals surface area (Å²) >= 11 is 0. The summed E-state index contributed by atoms with van der Waals surface area (Å²) in [6.45, 7) is 7.34. The molecule has 0 spiro atoms. The number of benzene rings is 1. The van der Waals surface area contributed by atoms with Gasteiger partial charge in [0.05, 0.1) is 10.9 Å². The highest BCUT2D eigenvalue weighted by atomic mass is 32.2. The second kappa shape index (κ2) is 7.93. The summed E-state index contributed by atoms with van der Waals surface area (Å²) < 4.78 is 32.9. The van der Waals surface area contributed by atoms with Crippen LogP contribution in [-0.2, 0) is 14.8 Å². The molecule has 0 fully saturated rings. The first-order valence-corrected chi connectivity index (χ1v) is 9.67. The highest BCUT2D eigenvalue weighted by molar-refractivity contribution is 7.89. The Kier molecular flexibility index (Phi) is 6.18. The molecule has 1 heterocycles. The van der Waals surface area contributed by atoms with Gasteiger partial charge >= 0.3 is 0 Å². The van der Waals surface area contributed by atoms with Crippen molar-refractivity contribution in [1.82, 2.24) is 4.72 Å². The molecule has 1 aliphatic heterocycles. The molecule has 0 amide bonds. The summed E-state index contributed by atoms with van der Waals surface area (Å²) in [5.41, 5.74) is 0. The van der Waals surface area contributed by atoms with Crippen molar-refractivity contribution in [2.24, 2.45) is 16.8 Å². The van der Waals surface area contributed by atoms with Gasteiger partial charge < -0.3 is 4.74 Å². The molecule has 0 unspecified atom stereocenters. The van der Waals surface area contributed by atoms with Crippen LogP contribution < -0.4 is 4.72 Å². The van der Waals surface area contributed by atoms with Gasteiger partial charge in [-0.05, 0) is 30.9 Å². The van der Waals surface area contributed by atoms with Crippen LogP contribution in [0.1, 0.15) is 33.6 Å². The standard InChI is InChI=1S/C17H26N2O3S/c1-4-14-12-22-17(19-14)16(13(2)3)10-11-18-23(20,21)15-8-6-5-7-9-15/h5-9,13-14,16,18H,4,10-12H2,1-3H3/t14-,16+/m1/s1. The van der Waals surface area contributed by atoms with E-state index < -0.39 is 10.0 Å². The second-order valence-electron chi connectivity index (χ2n) is 6.19. The van der Waals surface area contributed by atoms with Crippen molar-refractivity contribution in [3.8, 4) is 0 Å². The summed E-state index contributed by atoms with van der Waals surface area (Å²) in [5.74, 6) is 1.28. The van der Waals surface area contributed by atoms with Crippen LogP contribution in [0, 0.1) is 11.8 Å². The zero-order valence-electron chi connectivity index (χ0n) is 14.0. The van der Waals surface area contributed by atoms with Gasteiger partial charge in [0, 0.05) is 12.5 Å². The number of nitrogens with zero attached hydrogens (tertiary/aromatic N) is 1. The molecule has 1 aromatic carbocycles. The molecule has 1 N–H and O–H groups in total. The number of hydrogen-bond acceptors (Lipinski definition) is 4. The zero-order chi connectivity index (χ0) is 16.9. The number of ether oxygens (including phenoxy) is 1. The summed E-state index contributed by atoms with van der Waals surface area (Å²) in [6.07, 6.45) is 1.65. The lowest BCUT2D eigenvalue weighted by molar-refractivity contribution is 0.278. The van der Waals surface area contributed by atoms with Gasteiger partial charge in [-0.1, -0.05) is 39.0 Å². The molecule has 0 bridgehead atoms. The van der Waals surface area contributed by atoms with Crippen molar-refractivity contribution in [1.29, 1.82) is 0 Å². The van der Waals surface area contributed by atoms with E-state index in [1.54, 1.807) is 30.3 Å². The highest BCUT2D eigenvalue weighted by Gasteiger charge is 2.27. The molecule has 5 nitrogen and oxygen atoms in total. The van der Waals surface area contributed by atoms with Crippen molar-refractivity contribution in [3.05, 3.63) is 30.3 Å².